The molecule has 5 nitrogen and oxygen atoms in total. The van der Waals surface area contributed by atoms with E-state index in [1.54, 1.807) is 19.9 Å². The zero-order chi connectivity index (χ0) is 23.0. The van der Waals surface area contributed by atoms with Gasteiger partial charge in [-0.2, -0.15) is 13.2 Å². The molecule has 0 saturated carbocycles. The lowest BCUT2D eigenvalue weighted by Crippen LogP contribution is -2.51. The van der Waals surface area contributed by atoms with E-state index >= 15 is 0 Å². The molecule has 2 aromatic rings. The highest BCUT2D eigenvalue weighted by Gasteiger charge is 2.39. The number of nitrogens with zero attached hydrogens (tertiary/aromatic N) is 1. The second-order valence-electron chi connectivity index (χ2n) is 8.69. The number of aryl methyl sites for hydroxylation is 1. The molecule has 1 N–H and O–H groups in total. The fourth-order valence-electron chi connectivity index (χ4n) is 4.38. The van der Waals surface area contributed by atoms with Gasteiger partial charge in [-0.15, -0.1) is 0 Å². The Balaban J connectivity index is 1.42. The monoisotopic (exact) mass is 449 g/mol. The Labute approximate surface area is 184 Å². The summed E-state index contributed by atoms with van der Waals surface area (Å²) in [6, 6.07) is 9.96. The third-order valence-corrected chi connectivity index (χ3v) is 5.98. The lowest BCUT2D eigenvalue weighted by molar-refractivity contribution is -0.148. The van der Waals surface area contributed by atoms with Crippen molar-refractivity contribution in [2.24, 2.45) is 5.92 Å². The van der Waals surface area contributed by atoms with Crippen molar-refractivity contribution in [3.63, 3.8) is 0 Å². The number of rotatable bonds is 7. The summed E-state index contributed by atoms with van der Waals surface area (Å²) in [7, 11) is 0. The molecule has 8 heteroatoms. The van der Waals surface area contributed by atoms with Gasteiger partial charge in [0.25, 0.3) is 0 Å². The number of benzene rings is 2. The summed E-state index contributed by atoms with van der Waals surface area (Å²) in [6.45, 7) is 4.51. The molecule has 0 bridgehead atoms. The molecule has 32 heavy (non-hydrogen) atoms. The molecule has 1 atom stereocenters. The number of carboxylic acids is 1. The molecule has 1 fully saturated rings. The van der Waals surface area contributed by atoms with Gasteiger partial charge >= 0.3 is 12.1 Å². The summed E-state index contributed by atoms with van der Waals surface area (Å²) in [6.07, 6.45) is -3.08. The molecule has 0 spiro atoms. The van der Waals surface area contributed by atoms with Crippen molar-refractivity contribution in [3.05, 3.63) is 58.7 Å². The Bertz CT molecular complexity index is 999. The number of halogens is 3. The fraction of sp³-hybridized carbons (Fsp3) is 0.458. The smallest absolute Gasteiger partial charge is 0.419 e. The molecular weight excluding hydrogens is 423 g/mol. The van der Waals surface area contributed by atoms with Crippen molar-refractivity contribution < 1.29 is 32.5 Å². The van der Waals surface area contributed by atoms with Crippen LogP contribution in [0, 0.1) is 5.92 Å². The number of carboxylic acid groups (broad SMARTS) is 1. The van der Waals surface area contributed by atoms with Gasteiger partial charge in [0.05, 0.1) is 17.6 Å². The van der Waals surface area contributed by atoms with Crippen LogP contribution in [0.25, 0.3) is 0 Å². The average molecular weight is 449 g/mol. The first-order valence-electron chi connectivity index (χ1n) is 10.7. The Kier molecular flexibility index (Phi) is 6.07. The quantitative estimate of drug-likeness (QED) is 0.639. The maximum absolute atomic E-state index is 13.4. The molecule has 0 radical (unpaired) electrons. The molecule has 1 saturated heterocycles. The molecule has 0 aromatic heterocycles. The van der Waals surface area contributed by atoms with Gasteiger partial charge in [0.2, 0.25) is 0 Å². The minimum Gasteiger partial charge on any atom is -0.490 e. The van der Waals surface area contributed by atoms with Crippen molar-refractivity contribution in [1.29, 1.82) is 0 Å². The number of hydrogen-bond donors (Lipinski definition) is 1. The normalized spacial score (nSPS) is 19.0. The van der Waals surface area contributed by atoms with Crippen LogP contribution in [0.4, 0.5) is 13.2 Å². The third-order valence-electron chi connectivity index (χ3n) is 5.98. The molecule has 1 aliphatic carbocycles. The highest BCUT2D eigenvalue weighted by atomic mass is 19.4. The summed E-state index contributed by atoms with van der Waals surface area (Å²) in [5, 5.41) is 9.08. The Hall–Kier alpha value is -2.74. The van der Waals surface area contributed by atoms with E-state index < -0.39 is 17.7 Å². The van der Waals surface area contributed by atoms with Gasteiger partial charge in [-0.3, -0.25) is 9.69 Å². The van der Waals surface area contributed by atoms with E-state index in [1.165, 1.54) is 11.6 Å². The summed E-state index contributed by atoms with van der Waals surface area (Å²) >= 11 is 0. The molecule has 2 aromatic carbocycles. The molecule has 1 aliphatic heterocycles. The standard InChI is InChI=1S/C24H26F3NO4/c1-14(2)32-22-8-3-15(9-20(22)24(25,26)27)13-31-18-5-6-19-16(10-18)4-7-21(19)28-11-17(12-28)23(29)30/h3,5-6,8-10,14,17,21H,4,7,11-13H2,1-2H3,(H,29,30). The van der Waals surface area contributed by atoms with Crippen LogP contribution in [-0.4, -0.2) is 35.2 Å². The number of carbonyl (C=O) groups is 1. The largest absolute Gasteiger partial charge is 0.490 e. The van der Waals surface area contributed by atoms with Crippen molar-refractivity contribution in [3.8, 4) is 11.5 Å². The minimum atomic E-state index is -4.51. The second kappa shape index (κ2) is 8.65. The molecule has 1 heterocycles. The van der Waals surface area contributed by atoms with Gasteiger partial charge in [0.1, 0.15) is 18.1 Å². The fourth-order valence-corrected chi connectivity index (χ4v) is 4.38. The van der Waals surface area contributed by atoms with E-state index in [1.807, 2.05) is 18.2 Å². The second-order valence-corrected chi connectivity index (χ2v) is 8.69. The van der Waals surface area contributed by atoms with Crippen LogP contribution < -0.4 is 9.47 Å². The van der Waals surface area contributed by atoms with Gasteiger partial charge in [0, 0.05) is 19.1 Å². The topological polar surface area (TPSA) is 59.0 Å². The van der Waals surface area contributed by atoms with Gasteiger partial charge in [-0.25, -0.2) is 0 Å². The lowest BCUT2D eigenvalue weighted by Gasteiger charge is -2.41. The number of likely N-dealkylation sites (tertiary alicyclic amines) is 1. The van der Waals surface area contributed by atoms with Crippen LogP contribution >= 0.6 is 0 Å². The van der Waals surface area contributed by atoms with Gasteiger partial charge in [0.15, 0.2) is 0 Å². The predicted molar refractivity (Wildman–Crippen MR) is 112 cm³/mol. The van der Waals surface area contributed by atoms with Crippen LogP contribution in [-0.2, 0) is 24.0 Å². The van der Waals surface area contributed by atoms with E-state index in [9.17, 15) is 18.0 Å². The number of hydrogen-bond acceptors (Lipinski definition) is 4. The average Bonchev–Trinajstić information content (AvgIpc) is 3.07. The van der Waals surface area contributed by atoms with Crippen LogP contribution in [0.3, 0.4) is 0 Å². The molecule has 1 unspecified atom stereocenters. The molecular formula is C24H26F3NO4. The zero-order valence-electron chi connectivity index (χ0n) is 18.0. The first kappa shape index (κ1) is 22.5. The summed E-state index contributed by atoms with van der Waals surface area (Å²) in [4.78, 5) is 13.2. The van der Waals surface area contributed by atoms with Gasteiger partial charge < -0.3 is 14.6 Å². The maximum Gasteiger partial charge on any atom is 0.419 e. The van der Waals surface area contributed by atoms with Crippen molar-refractivity contribution in [2.45, 2.75) is 51.6 Å². The van der Waals surface area contributed by atoms with Crippen molar-refractivity contribution >= 4 is 5.97 Å². The molecule has 4 rings (SSSR count). The third kappa shape index (κ3) is 4.70. The number of aliphatic carboxylic acids is 1. The first-order chi connectivity index (χ1) is 15.1. The molecule has 2 aliphatic rings. The number of ether oxygens (including phenoxy) is 2. The Morgan fingerprint density at radius 1 is 1.19 bits per heavy atom. The van der Waals surface area contributed by atoms with Gasteiger partial charge in [-0.05, 0) is 67.6 Å². The van der Waals surface area contributed by atoms with E-state index in [-0.39, 0.29) is 30.4 Å². The van der Waals surface area contributed by atoms with E-state index in [2.05, 4.69) is 4.90 Å². The number of fused-ring (bicyclic) bond motifs is 1. The Morgan fingerprint density at radius 3 is 2.59 bits per heavy atom. The van der Waals surface area contributed by atoms with Crippen molar-refractivity contribution in [2.75, 3.05) is 13.1 Å². The zero-order valence-corrected chi connectivity index (χ0v) is 18.0. The van der Waals surface area contributed by atoms with E-state index in [0.29, 0.717) is 24.4 Å². The molecule has 0 amide bonds. The summed E-state index contributed by atoms with van der Waals surface area (Å²) < 4.78 is 51.4. The minimum absolute atomic E-state index is 0.0136. The van der Waals surface area contributed by atoms with Crippen LogP contribution in [0.5, 0.6) is 11.5 Å². The van der Waals surface area contributed by atoms with Crippen LogP contribution in [0.15, 0.2) is 36.4 Å². The highest BCUT2D eigenvalue weighted by molar-refractivity contribution is 5.71. The maximum atomic E-state index is 13.4. The lowest BCUT2D eigenvalue weighted by atomic mass is 9.95. The SMILES string of the molecule is CC(C)Oc1ccc(COc2ccc3c(c2)CCC3N2CC(C(=O)O)C2)cc1C(F)(F)F. The van der Waals surface area contributed by atoms with E-state index in [0.717, 1.165) is 24.5 Å². The molecule has 172 valence electrons. The summed E-state index contributed by atoms with van der Waals surface area (Å²) in [5.74, 6) is -0.621. The van der Waals surface area contributed by atoms with E-state index in [4.69, 9.17) is 14.6 Å². The van der Waals surface area contributed by atoms with Crippen molar-refractivity contribution in [1.82, 2.24) is 4.90 Å². The van der Waals surface area contributed by atoms with Crippen LogP contribution in [0.1, 0.15) is 48.6 Å². The van der Waals surface area contributed by atoms with Gasteiger partial charge in [-0.1, -0.05) is 12.1 Å². The highest BCUT2D eigenvalue weighted by Crippen LogP contribution is 2.41. The Morgan fingerprint density at radius 2 is 1.94 bits per heavy atom. The summed E-state index contributed by atoms with van der Waals surface area (Å²) in [5.41, 5.74) is 1.92. The van der Waals surface area contributed by atoms with Crippen LogP contribution in [0.2, 0.25) is 0 Å². The predicted octanol–water partition coefficient (Wildman–Crippen LogP) is 5.08. The number of alkyl halides is 3. The first-order valence-corrected chi connectivity index (χ1v) is 10.7.